The average molecular weight is 301 g/mol. The third-order valence-corrected chi connectivity index (χ3v) is 5.36. The van der Waals surface area contributed by atoms with Gasteiger partial charge in [0.25, 0.3) is 0 Å². The Morgan fingerprint density at radius 2 is 1.59 bits per heavy atom. The van der Waals surface area contributed by atoms with Gasteiger partial charge in [-0.1, -0.05) is 82.9 Å². The van der Waals surface area contributed by atoms with Gasteiger partial charge in [-0.3, -0.25) is 0 Å². The van der Waals surface area contributed by atoms with Crippen molar-refractivity contribution in [2.24, 2.45) is 5.92 Å². The molecule has 3 unspecified atom stereocenters. The van der Waals surface area contributed by atoms with Crippen molar-refractivity contribution in [2.75, 3.05) is 0 Å². The summed E-state index contributed by atoms with van der Waals surface area (Å²) >= 11 is 0. The number of hydrogen-bond donors (Lipinski definition) is 0. The van der Waals surface area contributed by atoms with Gasteiger partial charge in [-0.2, -0.15) is 0 Å². The molecule has 0 aromatic heterocycles. The topological polar surface area (TPSA) is 0 Å². The summed E-state index contributed by atoms with van der Waals surface area (Å²) in [5.41, 5.74) is 4.49. The molecule has 0 radical (unpaired) electrons. The van der Waals surface area contributed by atoms with Crippen molar-refractivity contribution in [2.45, 2.75) is 85.5 Å². The van der Waals surface area contributed by atoms with E-state index in [1.807, 2.05) is 0 Å². The number of rotatable bonds is 9. The Morgan fingerprint density at radius 1 is 1.00 bits per heavy atom. The van der Waals surface area contributed by atoms with E-state index in [0.717, 1.165) is 5.92 Å². The molecule has 0 N–H and O–H groups in total. The molecule has 0 saturated carbocycles. The molecule has 0 amide bonds. The lowest BCUT2D eigenvalue weighted by Gasteiger charge is -2.21. The monoisotopic (exact) mass is 300 g/mol. The van der Waals surface area contributed by atoms with Crippen LogP contribution in [0.5, 0.6) is 0 Å². The van der Waals surface area contributed by atoms with Gasteiger partial charge in [0.2, 0.25) is 0 Å². The van der Waals surface area contributed by atoms with Crippen LogP contribution in [0.1, 0.15) is 96.6 Å². The highest BCUT2D eigenvalue weighted by Gasteiger charge is 2.14. The SMILES string of the molecule is C/C=C(/C)CCC(C)c1ccc(C(C)C(C)CCCC)cc1. The van der Waals surface area contributed by atoms with Crippen LogP contribution in [0.4, 0.5) is 0 Å². The van der Waals surface area contributed by atoms with E-state index in [1.54, 1.807) is 0 Å². The van der Waals surface area contributed by atoms with E-state index < -0.39 is 0 Å². The lowest BCUT2D eigenvalue weighted by molar-refractivity contribution is 0.436. The second kappa shape index (κ2) is 9.87. The van der Waals surface area contributed by atoms with Crippen molar-refractivity contribution in [1.82, 2.24) is 0 Å². The van der Waals surface area contributed by atoms with E-state index in [4.69, 9.17) is 0 Å². The van der Waals surface area contributed by atoms with Gasteiger partial charge in [0.05, 0.1) is 0 Å². The average Bonchev–Trinajstić information content (AvgIpc) is 2.56. The highest BCUT2D eigenvalue weighted by Crippen LogP contribution is 2.30. The zero-order chi connectivity index (χ0) is 16.5. The van der Waals surface area contributed by atoms with Gasteiger partial charge in [-0.25, -0.2) is 0 Å². The Labute approximate surface area is 139 Å². The minimum absolute atomic E-state index is 0.650. The van der Waals surface area contributed by atoms with E-state index in [1.165, 1.54) is 48.8 Å². The summed E-state index contributed by atoms with van der Waals surface area (Å²) in [6, 6.07) is 9.44. The smallest absolute Gasteiger partial charge is 0.0165 e. The van der Waals surface area contributed by atoms with Gasteiger partial charge in [-0.15, -0.1) is 0 Å². The molecule has 0 saturated heterocycles. The molecule has 0 nitrogen and oxygen atoms in total. The largest absolute Gasteiger partial charge is 0.0887 e. The maximum atomic E-state index is 2.40. The fourth-order valence-corrected chi connectivity index (χ4v) is 2.99. The van der Waals surface area contributed by atoms with Crippen molar-refractivity contribution in [3.05, 3.63) is 47.0 Å². The maximum Gasteiger partial charge on any atom is -0.0165 e. The fourth-order valence-electron chi connectivity index (χ4n) is 2.99. The Hall–Kier alpha value is -1.04. The van der Waals surface area contributed by atoms with Crippen molar-refractivity contribution in [1.29, 1.82) is 0 Å². The Balaban J connectivity index is 2.61. The molecule has 22 heavy (non-hydrogen) atoms. The van der Waals surface area contributed by atoms with Gasteiger partial charge in [0, 0.05) is 0 Å². The molecule has 0 aliphatic heterocycles. The van der Waals surface area contributed by atoms with E-state index in [9.17, 15) is 0 Å². The quantitative estimate of drug-likeness (QED) is 0.415. The van der Waals surface area contributed by atoms with E-state index in [0.29, 0.717) is 11.8 Å². The minimum atomic E-state index is 0.650. The first-order valence-electron chi connectivity index (χ1n) is 9.21. The zero-order valence-electron chi connectivity index (χ0n) is 15.7. The van der Waals surface area contributed by atoms with Gasteiger partial charge in [0.1, 0.15) is 0 Å². The first-order valence-corrected chi connectivity index (χ1v) is 9.21. The predicted molar refractivity (Wildman–Crippen MR) is 101 cm³/mol. The molecule has 1 aromatic rings. The molecule has 1 aromatic carbocycles. The number of benzene rings is 1. The molecule has 0 bridgehead atoms. The number of unbranched alkanes of at least 4 members (excludes halogenated alkanes) is 1. The van der Waals surface area contributed by atoms with Crippen LogP contribution < -0.4 is 0 Å². The molecule has 1 rings (SSSR count). The lowest BCUT2D eigenvalue weighted by atomic mass is 9.84. The summed E-state index contributed by atoms with van der Waals surface area (Å²) < 4.78 is 0. The first kappa shape index (κ1) is 19.0. The summed E-state index contributed by atoms with van der Waals surface area (Å²) in [6.07, 6.45) is 8.69. The minimum Gasteiger partial charge on any atom is -0.0887 e. The van der Waals surface area contributed by atoms with Gasteiger partial charge < -0.3 is 0 Å². The third-order valence-electron chi connectivity index (χ3n) is 5.36. The van der Waals surface area contributed by atoms with E-state index in [-0.39, 0.29) is 0 Å². The second-order valence-electron chi connectivity index (χ2n) is 7.15. The molecule has 0 heterocycles. The predicted octanol–water partition coefficient (Wildman–Crippen LogP) is 7.47. The van der Waals surface area contributed by atoms with Crippen molar-refractivity contribution in [3.63, 3.8) is 0 Å². The molecule has 0 spiro atoms. The molecule has 3 atom stereocenters. The van der Waals surface area contributed by atoms with Gasteiger partial charge in [-0.05, 0) is 55.6 Å². The van der Waals surface area contributed by atoms with Crippen LogP contribution in [0.15, 0.2) is 35.9 Å². The van der Waals surface area contributed by atoms with Gasteiger partial charge >= 0.3 is 0 Å². The fraction of sp³-hybridized carbons (Fsp3) is 0.636. The second-order valence-corrected chi connectivity index (χ2v) is 7.15. The lowest BCUT2D eigenvalue weighted by Crippen LogP contribution is -2.06. The Morgan fingerprint density at radius 3 is 2.14 bits per heavy atom. The molecular formula is C22H36. The Kier molecular flexibility index (Phi) is 8.53. The summed E-state index contributed by atoms with van der Waals surface area (Å²) in [7, 11) is 0. The van der Waals surface area contributed by atoms with Crippen LogP contribution in [0, 0.1) is 5.92 Å². The standard InChI is InChI=1S/C22H36/c1-7-9-10-18(4)20(6)22-15-13-21(14-16-22)19(5)12-11-17(3)8-2/h8,13-16,18-20H,7,9-12H2,1-6H3/b17-8-. The van der Waals surface area contributed by atoms with Crippen LogP contribution in [0.2, 0.25) is 0 Å². The highest BCUT2D eigenvalue weighted by molar-refractivity contribution is 5.27. The highest BCUT2D eigenvalue weighted by atomic mass is 14.2. The van der Waals surface area contributed by atoms with Crippen LogP contribution in [-0.4, -0.2) is 0 Å². The Bertz CT molecular complexity index is 438. The normalized spacial score (nSPS) is 16.4. The van der Waals surface area contributed by atoms with Crippen molar-refractivity contribution < 1.29 is 0 Å². The van der Waals surface area contributed by atoms with Crippen LogP contribution >= 0.6 is 0 Å². The molecule has 0 heteroatoms. The van der Waals surface area contributed by atoms with Crippen LogP contribution in [0.3, 0.4) is 0 Å². The zero-order valence-corrected chi connectivity index (χ0v) is 15.7. The number of hydrogen-bond acceptors (Lipinski definition) is 0. The maximum absolute atomic E-state index is 2.40. The number of allylic oxidation sites excluding steroid dienone is 2. The molecular weight excluding hydrogens is 264 g/mol. The first-order chi connectivity index (χ1) is 10.5. The molecule has 0 fully saturated rings. The summed E-state index contributed by atoms with van der Waals surface area (Å²) in [4.78, 5) is 0. The molecule has 0 aliphatic carbocycles. The van der Waals surface area contributed by atoms with Crippen LogP contribution in [0.25, 0.3) is 0 Å². The van der Waals surface area contributed by atoms with Gasteiger partial charge in [0.15, 0.2) is 0 Å². The third kappa shape index (κ3) is 5.99. The summed E-state index contributed by atoms with van der Waals surface area (Å²) in [6.45, 7) is 13.8. The summed E-state index contributed by atoms with van der Waals surface area (Å²) in [5, 5.41) is 0. The van der Waals surface area contributed by atoms with Crippen molar-refractivity contribution in [3.8, 4) is 0 Å². The van der Waals surface area contributed by atoms with E-state index in [2.05, 4.69) is 71.9 Å². The molecule has 124 valence electrons. The molecule has 0 aliphatic rings. The van der Waals surface area contributed by atoms with Crippen LogP contribution in [-0.2, 0) is 0 Å². The summed E-state index contributed by atoms with van der Waals surface area (Å²) in [5.74, 6) is 2.10. The van der Waals surface area contributed by atoms with E-state index >= 15 is 0 Å². The van der Waals surface area contributed by atoms with Crippen molar-refractivity contribution >= 4 is 0 Å².